The number of alkyl carbamates (subject to hydrolysis) is 1. The van der Waals surface area contributed by atoms with Crippen LogP contribution < -0.4 is 10.6 Å². The van der Waals surface area contributed by atoms with Crippen LogP contribution in [-0.4, -0.2) is 42.3 Å². The van der Waals surface area contributed by atoms with Crippen LogP contribution in [0.4, 0.5) is 4.79 Å². The van der Waals surface area contributed by atoms with Gasteiger partial charge in [-0.05, 0) is 30.2 Å². The highest BCUT2D eigenvalue weighted by atomic mass is 16.5. The number of ether oxygens (including phenoxy) is 2. The highest BCUT2D eigenvalue weighted by molar-refractivity contribution is 5.89. The van der Waals surface area contributed by atoms with Gasteiger partial charge in [-0.1, -0.05) is 42.5 Å². The number of esters is 1. The summed E-state index contributed by atoms with van der Waals surface area (Å²) in [4.78, 5) is 36.3. The molecule has 0 saturated heterocycles. The lowest BCUT2D eigenvalue weighted by molar-refractivity contribution is -0.145. The Bertz CT molecular complexity index is 823. The van der Waals surface area contributed by atoms with Crippen molar-refractivity contribution in [3.8, 4) is 5.75 Å². The van der Waals surface area contributed by atoms with Crippen LogP contribution in [0.3, 0.4) is 0 Å². The minimum atomic E-state index is -0.943. The van der Waals surface area contributed by atoms with Crippen molar-refractivity contribution in [3.05, 3.63) is 65.7 Å². The fourth-order valence-electron chi connectivity index (χ4n) is 2.51. The third-order valence-corrected chi connectivity index (χ3v) is 4.12. The number of phenols is 1. The molecule has 0 aliphatic rings. The quantitative estimate of drug-likeness (QED) is 0.583. The van der Waals surface area contributed by atoms with Crippen LogP contribution in [0.15, 0.2) is 54.6 Å². The average molecular weight is 400 g/mol. The first-order valence-corrected chi connectivity index (χ1v) is 9.02. The molecule has 0 spiro atoms. The topological polar surface area (TPSA) is 114 Å². The normalized spacial score (nSPS) is 12.3. The molecule has 0 saturated carbocycles. The monoisotopic (exact) mass is 400 g/mol. The van der Waals surface area contributed by atoms with Gasteiger partial charge in [0.2, 0.25) is 5.91 Å². The van der Waals surface area contributed by atoms with Gasteiger partial charge < -0.3 is 25.2 Å². The molecule has 8 heteroatoms. The summed E-state index contributed by atoms with van der Waals surface area (Å²) in [6.07, 6.45) is -0.575. The maximum atomic E-state index is 12.4. The number of hydrogen-bond acceptors (Lipinski definition) is 6. The molecule has 2 aromatic carbocycles. The van der Waals surface area contributed by atoms with E-state index in [4.69, 9.17) is 9.47 Å². The Morgan fingerprint density at radius 2 is 1.62 bits per heavy atom. The summed E-state index contributed by atoms with van der Waals surface area (Å²) in [6, 6.07) is 13.5. The number of phenolic OH excluding ortho intramolecular Hbond substituents is 1. The Labute approximate surface area is 168 Å². The Balaban J connectivity index is 1.88. The zero-order valence-corrected chi connectivity index (χ0v) is 16.3. The van der Waals surface area contributed by atoms with Crippen LogP contribution in [0.2, 0.25) is 0 Å². The molecular formula is C21H24N2O6. The van der Waals surface area contributed by atoms with E-state index in [1.54, 1.807) is 12.1 Å². The van der Waals surface area contributed by atoms with E-state index in [2.05, 4.69) is 10.6 Å². The van der Waals surface area contributed by atoms with Crippen LogP contribution in [0.5, 0.6) is 5.75 Å². The standard InChI is InChI=1S/C21H24N2O6/c1-14(22-21(27)29-13-16-6-4-3-5-7-16)19(25)23-18(20(26)28-2)12-15-8-10-17(24)11-9-15/h3-11,14,18,24H,12-13H2,1-2H3,(H,22,27)(H,23,25)/t14-,18+/m0/s1. The lowest BCUT2D eigenvalue weighted by atomic mass is 10.1. The number of benzene rings is 2. The molecular weight excluding hydrogens is 376 g/mol. The lowest BCUT2D eigenvalue weighted by Crippen LogP contribution is -2.51. The maximum Gasteiger partial charge on any atom is 0.408 e. The smallest absolute Gasteiger partial charge is 0.408 e. The fourth-order valence-corrected chi connectivity index (χ4v) is 2.51. The summed E-state index contributed by atoms with van der Waals surface area (Å²) < 4.78 is 9.83. The highest BCUT2D eigenvalue weighted by Gasteiger charge is 2.25. The molecule has 8 nitrogen and oxygen atoms in total. The zero-order valence-electron chi connectivity index (χ0n) is 16.3. The van der Waals surface area contributed by atoms with E-state index in [-0.39, 0.29) is 18.8 Å². The van der Waals surface area contributed by atoms with Crippen molar-refractivity contribution in [2.75, 3.05) is 7.11 Å². The number of nitrogens with one attached hydrogen (secondary N) is 2. The average Bonchev–Trinajstić information content (AvgIpc) is 2.73. The Morgan fingerprint density at radius 1 is 0.966 bits per heavy atom. The van der Waals surface area contributed by atoms with Gasteiger partial charge in [0.15, 0.2) is 0 Å². The molecule has 2 aromatic rings. The second-order valence-corrected chi connectivity index (χ2v) is 6.38. The van der Waals surface area contributed by atoms with Gasteiger partial charge in [-0.3, -0.25) is 4.79 Å². The number of aromatic hydroxyl groups is 1. The van der Waals surface area contributed by atoms with Crippen LogP contribution in [-0.2, 0) is 32.1 Å². The summed E-state index contributed by atoms with van der Waals surface area (Å²) in [6.45, 7) is 1.56. The fraction of sp³-hybridized carbons (Fsp3) is 0.286. The predicted molar refractivity (Wildman–Crippen MR) is 105 cm³/mol. The Hall–Kier alpha value is -3.55. The second-order valence-electron chi connectivity index (χ2n) is 6.38. The van der Waals surface area contributed by atoms with Crippen molar-refractivity contribution in [3.63, 3.8) is 0 Å². The molecule has 3 N–H and O–H groups in total. The van der Waals surface area contributed by atoms with Crippen LogP contribution in [0.1, 0.15) is 18.1 Å². The van der Waals surface area contributed by atoms with E-state index in [0.717, 1.165) is 11.1 Å². The number of hydrogen-bond donors (Lipinski definition) is 3. The van der Waals surface area contributed by atoms with E-state index in [1.807, 2.05) is 30.3 Å². The molecule has 0 unspecified atom stereocenters. The largest absolute Gasteiger partial charge is 0.508 e. The van der Waals surface area contributed by atoms with Crippen LogP contribution in [0.25, 0.3) is 0 Å². The summed E-state index contributed by atoms with van der Waals surface area (Å²) in [5, 5.41) is 14.3. The number of amides is 2. The van der Waals surface area contributed by atoms with Crippen molar-refractivity contribution in [2.45, 2.75) is 32.0 Å². The van der Waals surface area contributed by atoms with E-state index in [1.165, 1.54) is 26.2 Å². The third kappa shape index (κ3) is 7.17. The van der Waals surface area contributed by atoms with Gasteiger partial charge in [0.25, 0.3) is 0 Å². The molecule has 2 atom stereocenters. The van der Waals surface area contributed by atoms with Crippen molar-refractivity contribution in [2.24, 2.45) is 0 Å². The summed E-state index contributed by atoms with van der Waals surface area (Å²) >= 11 is 0. The molecule has 0 radical (unpaired) electrons. The van der Waals surface area contributed by atoms with Gasteiger partial charge in [-0.25, -0.2) is 9.59 Å². The predicted octanol–water partition coefficient (Wildman–Crippen LogP) is 1.91. The SMILES string of the molecule is COC(=O)[C@@H](Cc1ccc(O)cc1)NC(=O)[C@H](C)NC(=O)OCc1ccccc1. The minimum absolute atomic E-state index is 0.0760. The van der Waals surface area contributed by atoms with Crippen molar-refractivity contribution < 1.29 is 29.0 Å². The van der Waals surface area contributed by atoms with E-state index < -0.39 is 30.1 Å². The van der Waals surface area contributed by atoms with Gasteiger partial charge in [-0.15, -0.1) is 0 Å². The molecule has 0 bridgehead atoms. The van der Waals surface area contributed by atoms with Gasteiger partial charge in [0.05, 0.1) is 7.11 Å². The zero-order chi connectivity index (χ0) is 21.2. The van der Waals surface area contributed by atoms with Crippen LogP contribution in [0, 0.1) is 0 Å². The van der Waals surface area contributed by atoms with Crippen molar-refractivity contribution in [1.82, 2.24) is 10.6 Å². The molecule has 2 amide bonds. The van der Waals surface area contributed by atoms with Crippen molar-refractivity contribution in [1.29, 1.82) is 0 Å². The van der Waals surface area contributed by atoms with Gasteiger partial charge in [0, 0.05) is 6.42 Å². The van der Waals surface area contributed by atoms with Crippen molar-refractivity contribution >= 4 is 18.0 Å². The van der Waals surface area contributed by atoms with Gasteiger partial charge in [-0.2, -0.15) is 0 Å². The third-order valence-electron chi connectivity index (χ3n) is 4.12. The molecule has 0 aliphatic heterocycles. The molecule has 29 heavy (non-hydrogen) atoms. The summed E-state index contributed by atoms with van der Waals surface area (Å²) in [5.41, 5.74) is 1.54. The molecule has 2 rings (SSSR count). The number of rotatable bonds is 8. The minimum Gasteiger partial charge on any atom is -0.508 e. The summed E-state index contributed by atoms with van der Waals surface area (Å²) in [7, 11) is 1.22. The molecule has 0 aliphatic carbocycles. The van der Waals surface area contributed by atoms with Gasteiger partial charge in [0.1, 0.15) is 24.4 Å². The van der Waals surface area contributed by atoms with E-state index in [0.29, 0.717) is 0 Å². The van der Waals surface area contributed by atoms with Gasteiger partial charge >= 0.3 is 12.1 Å². The molecule has 0 heterocycles. The van der Waals surface area contributed by atoms with E-state index >= 15 is 0 Å². The first-order valence-electron chi connectivity index (χ1n) is 9.02. The first kappa shape index (κ1) is 21.7. The number of methoxy groups -OCH3 is 1. The van der Waals surface area contributed by atoms with E-state index in [9.17, 15) is 19.5 Å². The number of carbonyl (C=O) groups excluding carboxylic acids is 3. The summed E-state index contributed by atoms with van der Waals surface area (Å²) in [5.74, 6) is -1.08. The number of carbonyl (C=O) groups is 3. The first-order chi connectivity index (χ1) is 13.9. The van der Waals surface area contributed by atoms with Crippen LogP contribution >= 0.6 is 0 Å². The lowest BCUT2D eigenvalue weighted by Gasteiger charge is -2.20. The highest BCUT2D eigenvalue weighted by Crippen LogP contribution is 2.12. The second kappa shape index (κ2) is 10.7. The molecule has 0 fully saturated rings. The molecule has 154 valence electrons. The Kier molecular flexibility index (Phi) is 8.02. The maximum absolute atomic E-state index is 12.4. The molecule has 0 aromatic heterocycles. The Morgan fingerprint density at radius 3 is 2.24 bits per heavy atom.